The number of nitrogens with zero attached hydrogens (tertiary/aromatic N) is 6. The van der Waals surface area contributed by atoms with Gasteiger partial charge in [-0.15, -0.1) is 0 Å². The van der Waals surface area contributed by atoms with Crippen molar-refractivity contribution in [3.8, 4) is 11.8 Å². The van der Waals surface area contributed by atoms with E-state index in [-0.39, 0.29) is 11.0 Å². The zero-order valence-corrected chi connectivity index (χ0v) is 30.4. The van der Waals surface area contributed by atoms with Crippen LogP contribution in [0.25, 0.3) is 0 Å². The second kappa shape index (κ2) is 22.1. The monoisotopic (exact) mass is 730 g/mol. The van der Waals surface area contributed by atoms with Crippen LogP contribution in [0, 0.1) is 5.82 Å². The van der Waals surface area contributed by atoms with Crippen LogP contribution in [0.3, 0.4) is 0 Å². The summed E-state index contributed by atoms with van der Waals surface area (Å²) in [7, 11) is 7.00. The van der Waals surface area contributed by atoms with Gasteiger partial charge in [0.2, 0.25) is 5.88 Å². The zero-order chi connectivity index (χ0) is 34.7. The molecule has 266 valence electrons. The van der Waals surface area contributed by atoms with E-state index in [1.165, 1.54) is 44.2 Å². The molecule has 0 aromatic carbocycles. The van der Waals surface area contributed by atoms with Crippen LogP contribution in [0.4, 0.5) is 15.8 Å². The fourth-order valence-corrected chi connectivity index (χ4v) is 5.26. The van der Waals surface area contributed by atoms with Gasteiger partial charge in [0.15, 0.2) is 5.82 Å². The van der Waals surface area contributed by atoms with Gasteiger partial charge >= 0.3 is 0 Å². The summed E-state index contributed by atoms with van der Waals surface area (Å²) in [6.45, 7) is 9.41. The SMILES string of the molecule is C1CCOCC1.CN(C)Cc1nc(Cl)ccc1N1CCOCC1.COc1nc(Cl)ccc1F.COc1nc(Cl)ccc1N1CCOCC1. The van der Waals surface area contributed by atoms with Crippen molar-refractivity contribution in [2.45, 2.75) is 25.8 Å². The molecular weight excluding hydrogens is 686 g/mol. The average Bonchev–Trinajstić information content (AvgIpc) is 3.11. The first-order valence-corrected chi connectivity index (χ1v) is 16.9. The fourth-order valence-electron chi connectivity index (χ4n) is 4.81. The number of ether oxygens (including phenoxy) is 5. The Morgan fingerprint density at radius 2 is 1.10 bits per heavy atom. The first-order valence-electron chi connectivity index (χ1n) is 15.8. The van der Waals surface area contributed by atoms with Crippen molar-refractivity contribution in [3.05, 3.63) is 63.4 Å². The number of halogens is 4. The van der Waals surface area contributed by atoms with Crippen LogP contribution in [0.15, 0.2) is 36.4 Å². The first-order chi connectivity index (χ1) is 23.2. The van der Waals surface area contributed by atoms with Crippen molar-refractivity contribution < 1.29 is 28.1 Å². The first kappa shape index (κ1) is 39.7. The summed E-state index contributed by atoms with van der Waals surface area (Å²) in [5.74, 6) is -0.0104. The normalized spacial score (nSPS) is 16.0. The van der Waals surface area contributed by atoms with Crippen LogP contribution in [0.1, 0.15) is 25.0 Å². The molecule has 0 radical (unpaired) electrons. The number of aromatic nitrogens is 3. The van der Waals surface area contributed by atoms with Crippen LogP contribution < -0.4 is 19.3 Å². The summed E-state index contributed by atoms with van der Waals surface area (Å²) >= 11 is 17.2. The van der Waals surface area contributed by atoms with Gasteiger partial charge in [-0.1, -0.05) is 34.8 Å². The van der Waals surface area contributed by atoms with Gasteiger partial charge in [0, 0.05) is 45.9 Å². The highest BCUT2D eigenvalue weighted by molar-refractivity contribution is 6.30. The molecule has 48 heavy (non-hydrogen) atoms. The van der Waals surface area contributed by atoms with E-state index in [0.29, 0.717) is 16.2 Å². The van der Waals surface area contributed by atoms with Gasteiger partial charge in [0.05, 0.1) is 52.0 Å². The van der Waals surface area contributed by atoms with Crippen molar-refractivity contribution in [2.24, 2.45) is 0 Å². The summed E-state index contributed by atoms with van der Waals surface area (Å²) in [5.41, 5.74) is 3.18. The lowest BCUT2D eigenvalue weighted by atomic mass is 10.2. The van der Waals surface area contributed by atoms with Gasteiger partial charge in [0.25, 0.3) is 5.88 Å². The van der Waals surface area contributed by atoms with Crippen LogP contribution in [0.5, 0.6) is 11.8 Å². The van der Waals surface area contributed by atoms with Gasteiger partial charge in [-0.25, -0.2) is 9.37 Å². The maximum Gasteiger partial charge on any atom is 0.251 e. The Morgan fingerprint density at radius 1 is 0.646 bits per heavy atom. The second-order valence-corrected chi connectivity index (χ2v) is 12.2. The highest BCUT2D eigenvalue weighted by Gasteiger charge is 2.17. The molecule has 11 nitrogen and oxygen atoms in total. The molecule has 3 aromatic rings. The van der Waals surface area contributed by atoms with Crippen LogP contribution in [-0.4, -0.2) is 114 Å². The highest BCUT2D eigenvalue weighted by atomic mass is 35.5. The van der Waals surface area contributed by atoms with Crippen LogP contribution >= 0.6 is 34.8 Å². The van der Waals surface area contributed by atoms with Crippen LogP contribution in [-0.2, 0) is 20.8 Å². The van der Waals surface area contributed by atoms with Gasteiger partial charge in [0.1, 0.15) is 21.1 Å². The molecule has 0 amide bonds. The standard InChI is InChI=1S/C12H18ClN3O.C10H13ClN2O2.C6H5ClFNO.C5H10O/c1-15(2)9-10-11(3-4-12(13)14-10)16-5-7-17-8-6-16;1-14-10-8(2-3-9(11)12-10)13-4-6-15-7-5-13;1-10-6-4(8)2-3-5(7)9-6;1-2-4-6-5-3-1/h3-4H,5-9H2,1-2H3;2-3H,4-7H2,1H3;2-3H,1H3;1-5H2. The molecule has 3 aliphatic heterocycles. The predicted octanol–water partition coefficient (Wildman–Crippen LogP) is 6.28. The number of anilines is 2. The maximum absolute atomic E-state index is 12.5. The molecule has 3 aliphatic rings. The molecule has 15 heteroatoms. The van der Waals surface area contributed by atoms with Crippen molar-refractivity contribution in [1.29, 1.82) is 0 Å². The van der Waals surface area contributed by atoms with Crippen molar-refractivity contribution in [2.75, 3.05) is 104 Å². The molecule has 0 saturated carbocycles. The minimum absolute atomic E-state index is 0.0764. The second-order valence-electron chi connectivity index (χ2n) is 11.0. The van der Waals surface area contributed by atoms with Crippen molar-refractivity contribution >= 4 is 46.2 Å². The number of morpholine rings is 2. The molecule has 0 spiro atoms. The van der Waals surface area contributed by atoms with E-state index in [4.69, 9.17) is 53.8 Å². The Kier molecular flexibility index (Phi) is 18.3. The Morgan fingerprint density at radius 3 is 1.56 bits per heavy atom. The Bertz CT molecular complexity index is 1350. The molecule has 0 bridgehead atoms. The largest absolute Gasteiger partial charge is 0.479 e. The summed E-state index contributed by atoms with van der Waals surface area (Å²) < 4.78 is 38.0. The molecule has 3 aromatic heterocycles. The molecule has 6 heterocycles. The Hall–Kier alpha value is -2.71. The molecule has 0 unspecified atom stereocenters. The lowest BCUT2D eigenvalue weighted by Gasteiger charge is -2.30. The molecule has 0 atom stereocenters. The molecule has 3 fully saturated rings. The summed E-state index contributed by atoms with van der Waals surface area (Å²) in [5, 5.41) is 1.22. The van der Waals surface area contributed by atoms with Crippen molar-refractivity contribution in [1.82, 2.24) is 19.9 Å². The van der Waals surface area contributed by atoms with E-state index in [9.17, 15) is 4.39 Å². The van der Waals surface area contributed by atoms with E-state index in [1.54, 1.807) is 13.2 Å². The van der Waals surface area contributed by atoms with E-state index in [0.717, 1.165) is 83.7 Å². The van der Waals surface area contributed by atoms with Gasteiger partial charge in [-0.05, 0) is 69.8 Å². The van der Waals surface area contributed by atoms with E-state index >= 15 is 0 Å². The lowest BCUT2D eigenvalue weighted by Crippen LogP contribution is -2.37. The van der Waals surface area contributed by atoms with Gasteiger partial charge in [-0.2, -0.15) is 9.97 Å². The molecule has 0 aliphatic carbocycles. The summed E-state index contributed by atoms with van der Waals surface area (Å²) in [6.07, 6.45) is 3.93. The lowest BCUT2D eigenvalue weighted by molar-refractivity contribution is 0.0968. The quantitative estimate of drug-likeness (QED) is 0.268. The Labute approximate surface area is 298 Å². The van der Waals surface area contributed by atoms with Gasteiger partial charge in [-0.3, -0.25) is 0 Å². The highest BCUT2D eigenvalue weighted by Crippen LogP contribution is 2.28. The van der Waals surface area contributed by atoms with Gasteiger partial charge < -0.3 is 38.4 Å². The number of hydrogen-bond acceptors (Lipinski definition) is 11. The fraction of sp³-hybridized carbons (Fsp3) is 0.545. The van der Waals surface area contributed by atoms with Crippen molar-refractivity contribution in [3.63, 3.8) is 0 Å². The third-order valence-electron chi connectivity index (χ3n) is 7.14. The average molecular weight is 732 g/mol. The Balaban J connectivity index is 0.000000184. The molecular formula is C33H46Cl3FN6O5. The third kappa shape index (κ3) is 14.0. The number of methoxy groups -OCH3 is 2. The number of rotatable bonds is 6. The molecule has 3 saturated heterocycles. The maximum atomic E-state index is 12.5. The topological polar surface area (TPSA) is 94.5 Å². The summed E-state index contributed by atoms with van der Waals surface area (Å²) in [6, 6.07) is 10.2. The minimum Gasteiger partial charge on any atom is -0.479 e. The van der Waals surface area contributed by atoms with E-state index in [1.807, 2.05) is 26.2 Å². The predicted molar refractivity (Wildman–Crippen MR) is 189 cm³/mol. The third-order valence-corrected chi connectivity index (χ3v) is 7.77. The zero-order valence-electron chi connectivity index (χ0n) is 28.1. The van der Waals surface area contributed by atoms with Crippen LogP contribution in [0.2, 0.25) is 15.5 Å². The smallest absolute Gasteiger partial charge is 0.251 e. The molecule has 6 rings (SSSR count). The minimum atomic E-state index is -0.507. The number of hydrogen-bond donors (Lipinski definition) is 0. The summed E-state index contributed by atoms with van der Waals surface area (Å²) in [4.78, 5) is 18.7. The van der Waals surface area contributed by atoms with E-state index < -0.39 is 5.82 Å². The number of pyridine rings is 3. The van der Waals surface area contributed by atoms with E-state index in [2.05, 4.69) is 40.5 Å². The molecule has 0 N–H and O–H groups in total.